The van der Waals surface area contributed by atoms with Crippen LogP contribution >= 0.6 is 23.7 Å². The highest BCUT2D eigenvalue weighted by atomic mass is 35.5. The zero-order chi connectivity index (χ0) is 14.3. The summed E-state index contributed by atoms with van der Waals surface area (Å²) in [4.78, 5) is 8.50. The average Bonchev–Trinajstić information content (AvgIpc) is 2.84. The third-order valence-corrected chi connectivity index (χ3v) is 4.52. The molecule has 0 saturated carbocycles. The fraction of sp³-hybridized carbons (Fsp3) is 0.200. The summed E-state index contributed by atoms with van der Waals surface area (Å²) in [5.41, 5.74) is 10.5. The summed E-state index contributed by atoms with van der Waals surface area (Å²) in [7, 11) is 0. The van der Waals surface area contributed by atoms with E-state index in [1.807, 2.05) is 32.2 Å². The third kappa shape index (κ3) is 2.66. The molecule has 2 heterocycles. The minimum atomic E-state index is 0. The second-order valence-corrected chi connectivity index (χ2v) is 5.88. The molecule has 0 spiro atoms. The minimum absolute atomic E-state index is 0. The number of rotatable bonds is 2. The molecule has 6 heteroatoms. The van der Waals surface area contributed by atoms with Gasteiger partial charge in [0.05, 0.1) is 10.2 Å². The number of aromatic hydroxyl groups is 1. The SMILES string of the molecule is Cc1c(O)c(Cc2cccnc2)c2sc(N)nc2c1C.Cl. The molecule has 1 aromatic carbocycles. The van der Waals surface area contributed by atoms with Gasteiger partial charge in [-0.05, 0) is 36.6 Å². The predicted octanol–water partition coefficient (Wildman–Crippen LogP) is 3.61. The zero-order valence-electron chi connectivity index (χ0n) is 11.8. The van der Waals surface area contributed by atoms with Gasteiger partial charge in [-0.3, -0.25) is 4.98 Å². The summed E-state index contributed by atoms with van der Waals surface area (Å²) in [6.45, 7) is 3.87. The number of nitrogens with zero attached hydrogens (tertiary/aromatic N) is 2. The van der Waals surface area contributed by atoms with Gasteiger partial charge in [-0.25, -0.2) is 4.98 Å². The van der Waals surface area contributed by atoms with Gasteiger partial charge in [0.25, 0.3) is 0 Å². The van der Waals surface area contributed by atoms with E-state index in [9.17, 15) is 5.11 Å². The number of hydrogen-bond donors (Lipinski definition) is 2. The average molecular weight is 322 g/mol. The monoisotopic (exact) mass is 321 g/mol. The van der Waals surface area contributed by atoms with E-state index in [-0.39, 0.29) is 12.4 Å². The van der Waals surface area contributed by atoms with Crippen LogP contribution in [-0.2, 0) is 6.42 Å². The van der Waals surface area contributed by atoms with Crippen LogP contribution in [0.25, 0.3) is 10.2 Å². The first-order valence-electron chi connectivity index (χ1n) is 6.34. The molecule has 4 nitrogen and oxygen atoms in total. The molecule has 2 aromatic heterocycles. The molecule has 0 aliphatic carbocycles. The van der Waals surface area contributed by atoms with Crippen LogP contribution in [0.4, 0.5) is 5.13 Å². The van der Waals surface area contributed by atoms with Crippen LogP contribution in [0.1, 0.15) is 22.3 Å². The summed E-state index contributed by atoms with van der Waals surface area (Å²) >= 11 is 1.42. The van der Waals surface area contributed by atoms with Gasteiger partial charge in [0.1, 0.15) is 5.75 Å². The number of pyridine rings is 1. The van der Waals surface area contributed by atoms with E-state index >= 15 is 0 Å². The summed E-state index contributed by atoms with van der Waals surface area (Å²) in [5.74, 6) is 0.336. The van der Waals surface area contributed by atoms with Crippen LogP contribution in [0.5, 0.6) is 5.75 Å². The number of phenolic OH excluding ortho intramolecular Hbond substituents is 1. The number of halogens is 1. The van der Waals surface area contributed by atoms with Crippen molar-refractivity contribution in [2.45, 2.75) is 20.3 Å². The Labute approximate surface area is 133 Å². The smallest absolute Gasteiger partial charge is 0.181 e. The van der Waals surface area contributed by atoms with Gasteiger partial charge >= 0.3 is 0 Å². The van der Waals surface area contributed by atoms with E-state index in [0.717, 1.165) is 32.5 Å². The molecule has 0 radical (unpaired) electrons. The molecule has 3 N–H and O–H groups in total. The van der Waals surface area contributed by atoms with E-state index in [2.05, 4.69) is 9.97 Å². The summed E-state index contributed by atoms with van der Waals surface area (Å²) in [5, 5.41) is 11.0. The first-order valence-corrected chi connectivity index (χ1v) is 7.15. The number of phenols is 1. The first kappa shape index (κ1) is 15.5. The van der Waals surface area contributed by atoms with Gasteiger partial charge < -0.3 is 10.8 Å². The van der Waals surface area contributed by atoms with Gasteiger partial charge in [0.2, 0.25) is 0 Å². The molecule has 3 rings (SSSR count). The van der Waals surface area contributed by atoms with Crippen LogP contribution in [0, 0.1) is 13.8 Å². The Balaban J connectivity index is 0.00000161. The van der Waals surface area contributed by atoms with Crippen molar-refractivity contribution in [2.24, 2.45) is 0 Å². The summed E-state index contributed by atoms with van der Waals surface area (Å²) < 4.78 is 0.965. The second-order valence-electron chi connectivity index (χ2n) is 4.85. The molecule has 0 fully saturated rings. The molecule has 0 atom stereocenters. The molecule has 0 aliphatic heterocycles. The Morgan fingerprint density at radius 2 is 2.05 bits per heavy atom. The van der Waals surface area contributed by atoms with Crippen molar-refractivity contribution in [3.63, 3.8) is 0 Å². The summed E-state index contributed by atoms with van der Waals surface area (Å²) in [6, 6.07) is 3.89. The Morgan fingerprint density at radius 1 is 1.29 bits per heavy atom. The van der Waals surface area contributed by atoms with Gasteiger partial charge in [0, 0.05) is 24.4 Å². The zero-order valence-corrected chi connectivity index (χ0v) is 13.4. The number of nitrogens with two attached hydrogens (primary N) is 1. The lowest BCUT2D eigenvalue weighted by atomic mass is 9.98. The first-order chi connectivity index (χ1) is 9.58. The van der Waals surface area contributed by atoms with Gasteiger partial charge in [-0.1, -0.05) is 17.4 Å². The molecular formula is C15H16ClN3OS. The highest BCUT2D eigenvalue weighted by Crippen LogP contribution is 2.39. The van der Waals surface area contributed by atoms with E-state index in [1.54, 1.807) is 6.20 Å². The van der Waals surface area contributed by atoms with Gasteiger partial charge in [0.15, 0.2) is 5.13 Å². The van der Waals surface area contributed by atoms with Gasteiger partial charge in [-0.2, -0.15) is 0 Å². The number of hydrogen-bond acceptors (Lipinski definition) is 5. The molecule has 0 aliphatic rings. The molecular weight excluding hydrogens is 306 g/mol. The number of fused-ring (bicyclic) bond motifs is 1. The molecule has 0 unspecified atom stereocenters. The van der Waals surface area contributed by atoms with Crippen molar-refractivity contribution >= 4 is 39.1 Å². The normalized spacial score (nSPS) is 10.6. The van der Waals surface area contributed by atoms with Crippen molar-refractivity contribution in [1.29, 1.82) is 0 Å². The van der Waals surface area contributed by atoms with Crippen LogP contribution in [0.3, 0.4) is 0 Å². The van der Waals surface area contributed by atoms with Crippen LogP contribution in [0.15, 0.2) is 24.5 Å². The topological polar surface area (TPSA) is 72.0 Å². The van der Waals surface area contributed by atoms with Crippen LogP contribution < -0.4 is 5.73 Å². The molecule has 0 amide bonds. The largest absolute Gasteiger partial charge is 0.507 e. The van der Waals surface area contributed by atoms with E-state index in [1.165, 1.54) is 11.3 Å². The Kier molecular flexibility index (Phi) is 4.34. The predicted molar refractivity (Wildman–Crippen MR) is 89.5 cm³/mol. The van der Waals surface area contributed by atoms with Crippen molar-refractivity contribution in [2.75, 3.05) is 5.73 Å². The maximum absolute atomic E-state index is 10.5. The third-order valence-electron chi connectivity index (χ3n) is 3.58. The molecule has 0 bridgehead atoms. The number of nitrogen functional groups attached to an aromatic ring is 1. The maximum Gasteiger partial charge on any atom is 0.181 e. The fourth-order valence-corrected chi connectivity index (χ4v) is 3.29. The Morgan fingerprint density at radius 3 is 2.71 bits per heavy atom. The highest BCUT2D eigenvalue weighted by molar-refractivity contribution is 7.22. The lowest BCUT2D eigenvalue weighted by Gasteiger charge is -2.11. The Hall–Kier alpha value is -1.85. The van der Waals surface area contributed by atoms with Crippen molar-refractivity contribution in [3.8, 4) is 5.75 Å². The number of benzene rings is 1. The molecule has 110 valence electrons. The van der Waals surface area contributed by atoms with Crippen LogP contribution in [0.2, 0.25) is 0 Å². The quantitative estimate of drug-likeness (QED) is 0.756. The number of aryl methyl sites for hydroxylation is 1. The van der Waals surface area contributed by atoms with E-state index in [0.29, 0.717) is 17.3 Å². The number of thiazole rings is 1. The molecule has 21 heavy (non-hydrogen) atoms. The molecule has 3 aromatic rings. The molecule has 0 saturated heterocycles. The highest BCUT2D eigenvalue weighted by Gasteiger charge is 2.17. The van der Waals surface area contributed by atoms with Crippen molar-refractivity contribution in [1.82, 2.24) is 9.97 Å². The Bertz CT molecular complexity index is 787. The standard InChI is InChI=1S/C15H15N3OS.ClH/c1-8-9(2)13(19)11(6-10-4-3-5-17-7-10)14-12(8)18-15(16)20-14;/h3-5,7,19H,6H2,1-2H3,(H2,16,18);1H. The fourth-order valence-electron chi connectivity index (χ4n) is 2.36. The van der Waals surface area contributed by atoms with Crippen molar-refractivity contribution in [3.05, 3.63) is 46.8 Å². The maximum atomic E-state index is 10.5. The second kappa shape index (κ2) is 5.87. The lowest BCUT2D eigenvalue weighted by Crippen LogP contribution is -1.95. The summed E-state index contributed by atoms with van der Waals surface area (Å²) in [6.07, 6.45) is 4.17. The number of anilines is 1. The van der Waals surface area contributed by atoms with E-state index in [4.69, 9.17) is 5.73 Å². The van der Waals surface area contributed by atoms with Crippen molar-refractivity contribution < 1.29 is 5.11 Å². The lowest BCUT2D eigenvalue weighted by molar-refractivity contribution is 0.466. The minimum Gasteiger partial charge on any atom is -0.507 e. The van der Waals surface area contributed by atoms with Crippen LogP contribution in [-0.4, -0.2) is 15.1 Å². The number of aromatic nitrogens is 2. The van der Waals surface area contributed by atoms with E-state index < -0.39 is 0 Å². The van der Waals surface area contributed by atoms with Gasteiger partial charge in [-0.15, -0.1) is 12.4 Å².